The van der Waals surface area contributed by atoms with E-state index >= 15 is 0 Å². The van der Waals surface area contributed by atoms with Gasteiger partial charge in [-0.25, -0.2) is 24.1 Å². The maximum absolute atomic E-state index is 14.0. The molecule has 0 aliphatic rings. The van der Waals surface area contributed by atoms with Crippen LogP contribution in [0.2, 0.25) is 0 Å². The lowest BCUT2D eigenvalue weighted by atomic mass is 10.1. The first-order chi connectivity index (χ1) is 19.6. The second-order valence-electron chi connectivity index (χ2n) is 9.77. The molecule has 0 rings (SSSR count). The number of rotatable bonds is 21. The van der Waals surface area contributed by atoms with Crippen LogP contribution in [-0.4, -0.2) is 98.7 Å². The topological polar surface area (TPSA) is 136 Å². The van der Waals surface area contributed by atoms with Crippen LogP contribution in [-0.2, 0) is 51.4 Å². The van der Waals surface area contributed by atoms with Gasteiger partial charge in [-0.3, -0.25) is 0 Å². The minimum absolute atomic E-state index is 0. The number of nitrogens with zero attached hydrogens (tertiary/aromatic N) is 1. The molecule has 0 radical (unpaired) electrons. The molecule has 14 heteroatoms. The van der Waals surface area contributed by atoms with Gasteiger partial charge < -0.3 is 32.2 Å². The monoisotopic (exact) mass is 649 g/mol. The van der Waals surface area contributed by atoms with E-state index < -0.39 is 49.8 Å². The van der Waals surface area contributed by atoms with Crippen LogP contribution in [0.5, 0.6) is 0 Å². The van der Waals surface area contributed by atoms with Gasteiger partial charge in [-0.05, 0) is 64.8 Å². The highest BCUT2D eigenvalue weighted by Crippen LogP contribution is 2.39. The molecule has 0 fully saturated rings. The Kier molecular flexibility index (Phi) is 19.7. The summed E-state index contributed by atoms with van der Waals surface area (Å²) in [6.45, 7) is 23.5. The van der Waals surface area contributed by atoms with Crippen molar-refractivity contribution in [2.45, 2.75) is 106 Å². The SMILES string of the molecule is C=C(C)C(=O)OC(C)(C(=O)OCCC)N(C(CC)[Si](OCC)(OCC)OCC)C(C)(OC(=O)C(=C)C)C(=O)OCCC.[SiH4]. The van der Waals surface area contributed by atoms with Crippen LogP contribution in [0, 0.1) is 0 Å². The fourth-order valence-electron chi connectivity index (χ4n) is 4.18. The zero-order valence-corrected chi connectivity index (χ0v) is 28.1. The maximum Gasteiger partial charge on any atom is 0.519 e. The Morgan fingerprint density at radius 1 is 0.698 bits per heavy atom. The smallest absolute Gasteiger partial charge is 0.462 e. The molecule has 0 aromatic rings. The van der Waals surface area contributed by atoms with Crippen LogP contribution in [0.4, 0.5) is 0 Å². The Bertz CT molecular complexity index is 886. The van der Waals surface area contributed by atoms with Gasteiger partial charge in [0.05, 0.1) is 18.9 Å². The quantitative estimate of drug-likeness (QED) is 0.0595. The summed E-state index contributed by atoms with van der Waals surface area (Å²) in [4.78, 5) is 55.3. The van der Waals surface area contributed by atoms with E-state index in [1.165, 1.54) is 27.7 Å². The lowest BCUT2D eigenvalue weighted by molar-refractivity contribution is -0.259. The van der Waals surface area contributed by atoms with E-state index in [0.29, 0.717) is 12.8 Å². The van der Waals surface area contributed by atoms with Crippen LogP contribution < -0.4 is 0 Å². The van der Waals surface area contributed by atoms with Crippen molar-refractivity contribution < 1.29 is 51.4 Å². The van der Waals surface area contributed by atoms with Crippen molar-refractivity contribution in [2.24, 2.45) is 0 Å². The van der Waals surface area contributed by atoms with E-state index in [-0.39, 0.29) is 61.6 Å². The number of carbonyl (C=O) groups excluding carboxylic acids is 4. The van der Waals surface area contributed by atoms with Crippen molar-refractivity contribution in [3.05, 3.63) is 24.3 Å². The fraction of sp³-hybridized carbons (Fsp3) is 0.724. The molecule has 0 aromatic carbocycles. The van der Waals surface area contributed by atoms with E-state index in [9.17, 15) is 19.2 Å². The summed E-state index contributed by atoms with van der Waals surface area (Å²) in [5.74, 6) is -3.99. The van der Waals surface area contributed by atoms with Gasteiger partial charge in [0.1, 0.15) is 0 Å². The predicted molar refractivity (Wildman–Crippen MR) is 169 cm³/mol. The summed E-state index contributed by atoms with van der Waals surface area (Å²) >= 11 is 0. The average molecular weight is 650 g/mol. The van der Waals surface area contributed by atoms with E-state index in [0.717, 1.165) is 4.90 Å². The molecule has 0 aromatic heterocycles. The van der Waals surface area contributed by atoms with Gasteiger partial charge in [-0.1, -0.05) is 33.9 Å². The van der Waals surface area contributed by atoms with Crippen molar-refractivity contribution >= 4 is 43.6 Å². The van der Waals surface area contributed by atoms with E-state index in [4.69, 9.17) is 32.2 Å². The Hall–Kier alpha value is -2.37. The maximum atomic E-state index is 14.0. The van der Waals surface area contributed by atoms with Crippen LogP contribution in [0.3, 0.4) is 0 Å². The first-order valence-electron chi connectivity index (χ1n) is 14.4. The fourth-order valence-corrected chi connectivity index (χ4v) is 7.52. The lowest BCUT2D eigenvalue weighted by Crippen LogP contribution is -2.77. The molecule has 0 saturated carbocycles. The summed E-state index contributed by atoms with van der Waals surface area (Å²) in [5.41, 5.74) is -6.01. The van der Waals surface area contributed by atoms with Crippen molar-refractivity contribution in [2.75, 3.05) is 33.0 Å². The van der Waals surface area contributed by atoms with Gasteiger partial charge in [-0.2, -0.15) is 0 Å². The summed E-state index contributed by atoms with van der Waals surface area (Å²) in [7, 11) is -3.94. The van der Waals surface area contributed by atoms with Gasteiger partial charge in [0.25, 0.3) is 11.4 Å². The highest BCUT2D eigenvalue weighted by atomic mass is 28.4. The molecule has 0 bridgehead atoms. The van der Waals surface area contributed by atoms with E-state index in [2.05, 4.69) is 13.2 Å². The van der Waals surface area contributed by atoms with Gasteiger partial charge >= 0.3 is 32.7 Å². The normalized spacial score (nSPS) is 14.8. The standard InChI is InChI=1S/C29H51NO11Si.H4Si/c1-13-19-35-26(33)28(11,40-24(31)21(7)8)30(23(15-3)42(37-16-4,38-17-5)39-18-6)29(12,27(34)36-20-14-2)41-25(32)22(9)10;/h23H,7,9,13-20H2,1-6,8,10-12H3;1H4. The molecule has 3 atom stereocenters. The number of ether oxygens (including phenoxy) is 4. The molecule has 12 nitrogen and oxygen atoms in total. The highest BCUT2D eigenvalue weighted by molar-refractivity contribution is 6.62. The number of hydrogen-bond acceptors (Lipinski definition) is 12. The van der Waals surface area contributed by atoms with Crippen LogP contribution in [0.15, 0.2) is 24.3 Å². The van der Waals surface area contributed by atoms with Crippen LogP contribution in [0.25, 0.3) is 0 Å². The largest absolute Gasteiger partial charge is 0.519 e. The zero-order chi connectivity index (χ0) is 32.7. The molecule has 0 aliphatic carbocycles. The first kappa shape index (κ1) is 42.8. The minimum Gasteiger partial charge on any atom is -0.462 e. The molecule has 0 N–H and O–H groups in total. The molecule has 43 heavy (non-hydrogen) atoms. The van der Waals surface area contributed by atoms with Gasteiger partial charge in [0.15, 0.2) is 0 Å². The van der Waals surface area contributed by atoms with Gasteiger partial charge in [0, 0.05) is 44.8 Å². The van der Waals surface area contributed by atoms with Crippen molar-refractivity contribution in [3.8, 4) is 0 Å². The van der Waals surface area contributed by atoms with Crippen molar-refractivity contribution in [3.63, 3.8) is 0 Å². The third-order valence-corrected chi connectivity index (χ3v) is 9.53. The highest BCUT2D eigenvalue weighted by Gasteiger charge is 2.67. The number of esters is 4. The summed E-state index contributed by atoms with van der Waals surface area (Å²) in [6, 6.07) is 0. The Morgan fingerprint density at radius 3 is 1.26 bits per heavy atom. The summed E-state index contributed by atoms with van der Waals surface area (Å²) in [5, 5.41) is 0. The molecule has 0 saturated heterocycles. The van der Waals surface area contributed by atoms with E-state index in [1.54, 1.807) is 41.5 Å². The third kappa shape index (κ3) is 10.9. The molecule has 3 unspecified atom stereocenters. The Morgan fingerprint density at radius 2 is 1.02 bits per heavy atom. The summed E-state index contributed by atoms with van der Waals surface area (Å²) < 4.78 is 41.2. The molecule has 0 amide bonds. The van der Waals surface area contributed by atoms with Crippen LogP contribution in [0.1, 0.15) is 88.5 Å². The minimum atomic E-state index is -3.94. The second-order valence-corrected chi connectivity index (χ2v) is 12.5. The van der Waals surface area contributed by atoms with Gasteiger partial charge in [-0.15, -0.1) is 0 Å². The lowest BCUT2D eigenvalue weighted by Gasteiger charge is -2.52. The van der Waals surface area contributed by atoms with Gasteiger partial charge in [0.2, 0.25) is 0 Å². The first-order valence-corrected chi connectivity index (χ1v) is 16.3. The second kappa shape index (κ2) is 19.8. The molecular formula is C29H55NO11Si2. The molecular weight excluding hydrogens is 594 g/mol. The average Bonchev–Trinajstić information content (AvgIpc) is 2.92. The molecule has 0 spiro atoms. The van der Waals surface area contributed by atoms with Crippen molar-refractivity contribution in [1.29, 1.82) is 0 Å². The number of hydrogen-bond donors (Lipinski definition) is 0. The number of carbonyl (C=O) groups is 4. The Labute approximate surface area is 262 Å². The summed E-state index contributed by atoms with van der Waals surface area (Å²) in [6.07, 6.45) is 1.02. The van der Waals surface area contributed by atoms with E-state index in [1.807, 2.05) is 0 Å². The molecule has 0 heterocycles. The van der Waals surface area contributed by atoms with Crippen molar-refractivity contribution in [1.82, 2.24) is 4.90 Å². The molecule has 250 valence electrons. The van der Waals surface area contributed by atoms with Crippen LogP contribution >= 0.6 is 0 Å². The molecule has 0 aliphatic heterocycles. The Balaban J connectivity index is 0. The third-order valence-electron chi connectivity index (χ3n) is 5.97. The predicted octanol–water partition coefficient (Wildman–Crippen LogP) is 2.78. The zero-order valence-electron chi connectivity index (χ0n) is 27.1.